The monoisotopic (exact) mass is 331 g/mol. The molecule has 0 saturated carbocycles. The summed E-state index contributed by atoms with van der Waals surface area (Å²) in [6.45, 7) is 2.81. The number of esters is 1. The Morgan fingerprint density at radius 2 is 1.36 bits per heavy atom. The van der Waals surface area contributed by atoms with Crippen LogP contribution in [0.25, 0.3) is 0 Å². The number of unbranched alkanes of at least 4 members (excludes halogenated alkanes) is 11. The van der Waals surface area contributed by atoms with E-state index >= 15 is 0 Å². The number of rotatable bonds is 16. The van der Waals surface area contributed by atoms with E-state index in [-0.39, 0.29) is 12.0 Å². The van der Waals surface area contributed by atoms with Crippen LogP contribution in [0.4, 0.5) is 0 Å². The minimum absolute atomic E-state index is 0.180. The molecule has 0 aliphatic heterocycles. The molecule has 0 saturated heterocycles. The lowest BCUT2D eigenvalue weighted by molar-refractivity contribution is -0.145. The molecule has 0 aliphatic rings. The van der Waals surface area contributed by atoms with Crippen LogP contribution in [0, 0.1) is 0 Å². The van der Waals surface area contributed by atoms with Gasteiger partial charge in [-0.2, -0.15) is 12.6 Å². The maximum absolute atomic E-state index is 11.6. The maximum Gasteiger partial charge on any atom is 0.323 e. The van der Waals surface area contributed by atoms with E-state index in [1.54, 1.807) is 7.05 Å². The van der Waals surface area contributed by atoms with Gasteiger partial charge in [0.1, 0.15) is 6.04 Å². The second kappa shape index (κ2) is 17.1. The predicted molar refractivity (Wildman–Crippen MR) is 98.7 cm³/mol. The summed E-state index contributed by atoms with van der Waals surface area (Å²) in [4.78, 5) is 11.6. The van der Waals surface area contributed by atoms with Crippen LogP contribution < -0.4 is 5.32 Å². The molecule has 0 bridgehead atoms. The summed E-state index contributed by atoms with van der Waals surface area (Å²) in [6.07, 6.45) is 15.8. The molecule has 4 heteroatoms. The predicted octanol–water partition coefficient (Wildman–Crippen LogP) is 4.75. The van der Waals surface area contributed by atoms with Crippen LogP contribution in [-0.4, -0.2) is 31.4 Å². The second-order valence-corrected chi connectivity index (χ2v) is 6.45. The lowest BCUT2D eigenvalue weighted by atomic mass is 10.1. The first-order valence-corrected chi connectivity index (χ1v) is 9.84. The van der Waals surface area contributed by atoms with Crippen molar-refractivity contribution < 1.29 is 9.53 Å². The molecule has 1 atom stereocenters. The molecule has 0 aromatic carbocycles. The molecule has 0 radical (unpaired) electrons. The van der Waals surface area contributed by atoms with E-state index in [9.17, 15) is 4.79 Å². The van der Waals surface area contributed by atoms with E-state index in [0.717, 1.165) is 12.8 Å². The summed E-state index contributed by atoms with van der Waals surface area (Å²) in [5.41, 5.74) is 0. The number of nitrogens with one attached hydrogen (secondary N) is 1. The molecule has 0 rings (SSSR count). The molecule has 0 fully saturated rings. The van der Waals surface area contributed by atoms with Crippen molar-refractivity contribution in [3.8, 4) is 0 Å². The molecule has 0 unspecified atom stereocenters. The van der Waals surface area contributed by atoms with Gasteiger partial charge in [0.25, 0.3) is 0 Å². The lowest BCUT2D eigenvalue weighted by Crippen LogP contribution is -2.37. The Balaban J connectivity index is 3.19. The van der Waals surface area contributed by atoms with Gasteiger partial charge in [-0.1, -0.05) is 77.6 Å². The largest absolute Gasteiger partial charge is 0.465 e. The summed E-state index contributed by atoms with van der Waals surface area (Å²) in [5.74, 6) is 0.300. The Bertz CT molecular complexity index is 245. The highest BCUT2D eigenvalue weighted by Gasteiger charge is 2.15. The Labute approximate surface area is 143 Å². The minimum atomic E-state index is -0.277. The van der Waals surface area contributed by atoms with Crippen molar-refractivity contribution in [2.24, 2.45) is 0 Å². The number of thiol groups is 1. The first kappa shape index (κ1) is 21.8. The zero-order chi connectivity index (χ0) is 16.5. The van der Waals surface area contributed by atoms with Crippen molar-refractivity contribution >= 4 is 18.6 Å². The number of ether oxygens (including phenoxy) is 1. The van der Waals surface area contributed by atoms with E-state index in [1.165, 1.54) is 64.2 Å². The van der Waals surface area contributed by atoms with Crippen LogP contribution in [0.5, 0.6) is 0 Å². The first-order valence-electron chi connectivity index (χ1n) is 9.21. The molecule has 1 N–H and O–H groups in total. The topological polar surface area (TPSA) is 38.3 Å². The highest BCUT2D eigenvalue weighted by Crippen LogP contribution is 2.11. The summed E-state index contributed by atoms with van der Waals surface area (Å²) >= 11 is 4.11. The standard InChI is InChI=1S/C18H37NO2S/c1-3-4-5-6-7-8-9-10-11-12-13-14-15-21-18(20)17(16-22)19-2/h17,19,22H,3-16H2,1-2H3/t17-/m1/s1. The smallest absolute Gasteiger partial charge is 0.323 e. The maximum atomic E-state index is 11.6. The molecule has 22 heavy (non-hydrogen) atoms. The average Bonchev–Trinajstić information content (AvgIpc) is 2.53. The van der Waals surface area contributed by atoms with E-state index < -0.39 is 0 Å². The van der Waals surface area contributed by atoms with Crippen LogP contribution in [0.1, 0.15) is 84.0 Å². The van der Waals surface area contributed by atoms with E-state index in [2.05, 4.69) is 24.9 Å². The van der Waals surface area contributed by atoms with Crippen molar-refractivity contribution in [1.82, 2.24) is 5.32 Å². The summed E-state index contributed by atoms with van der Waals surface area (Å²) in [7, 11) is 1.76. The average molecular weight is 332 g/mol. The highest BCUT2D eigenvalue weighted by molar-refractivity contribution is 7.80. The van der Waals surface area contributed by atoms with Gasteiger partial charge in [-0.3, -0.25) is 4.79 Å². The third-order valence-electron chi connectivity index (χ3n) is 4.06. The van der Waals surface area contributed by atoms with Crippen LogP contribution in [0.2, 0.25) is 0 Å². The lowest BCUT2D eigenvalue weighted by Gasteiger charge is -2.12. The molecular weight excluding hydrogens is 294 g/mol. The van der Waals surface area contributed by atoms with Crippen molar-refractivity contribution in [3.05, 3.63) is 0 Å². The molecule has 0 amide bonds. The van der Waals surface area contributed by atoms with Gasteiger partial charge >= 0.3 is 5.97 Å². The number of likely N-dealkylation sites (N-methyl/N-ethyl adjacent to an activating group) is 1. The van der Waals surface area contributed by atoms with Gasteiger partial charge in [-0.15, -0.1) is 0 Å². The Morgan fingerprint density at radius 3 is 1.77 bits per heavy atom. The zero-order valence-electron chi connectivity index (χ0n) is 14.7. The van der Waals surface area contributed by atoms with Gasteiger partial charge in [0.2, 0.25) is 0 Å². The number of carbonyl (C=O) groups is 1. The summed E-state index contributed by atoms with van der Waals surface area (Å²) in [5, 5.41) is 2.90. The Hall–Kier alpha value is -0.220. The quantitative estimate of drug-likeness (QED) is 0.243. The van der Waals surface area contributed by atoms with Crippen molar-refractivity contribution in [2.75, 3.05) is 19.4 Å². The zero-order valence-corrected chi connectivity index (χ0v) is 15.6. The van der Waals surface area contributed by atoms with Gasteiger partial charge in [0, 0.05) is 5.75 Å². The summed E-state index contributed by atoms with van der Waals surface area (Å²) in [6, 6.07) is -0.277. The molecule has 0 aliphatic carbocycles. The normalized spacial score (nSPS) is 12.3. The summed E-state index contributed by atoms with van der Waals surface area (Å²) < 4.78 is 5.23. The van der Waals surface area contributed by atoms with Crippen LogP contribution in [0.3, 0.4) is 0 Å². The van der Waals surface area contributed by atoms with Crippen molar-refractivity contribution in [2.45, 2.75) is 90.0 Å². The molecule has 132 valence electrons. The SMILES string of the molecule is CCCCCCCCCCCCCCOC(=O)[C@@H](CS)NC. The fourth-order valence-corrected chi connectivity index (χ4v) is 2.83. The van der Waals surface area contributed by atoms with Gasteiger partial charge < -0.3 is 10.1 Å². The van der Waals surface area contributed by atoms with Crippen LogP contribution in [0.15, 0.2) is 0 Å². The fraction of sp³-hybridized carbons (Fsp3) is 0.944. The number of hydrogen-bond donors (Lipinski definition) is 2. The molecule has 0 aromatic heterocycles. The molecule has 0 aromatic rings. The molecular formula is C18H37NO2S. The van der Waals surface area contributed by atoms with Crippen LogP contribution >= 0.6 is 12.6 Å². The van der Waals surface area contributed by atoms with Crippen molar-refractivity contribution in [1.29, 1.82) is 0 Å². The van der Waals surface area contributed by atoms with Crippen molar-refractivity contribution in [3.63, 3.8) is 0 Å². The van der Waals surface area contributed by atoms with E-state index in [0.29, 0.717) is 12.4 Å². The fourth-order valence-electron chi connectivity index (χ4n) is 2.50. The highest BCUT2D eigenvalue weighted by atomic mass is 32.1. The van der Waals surface area contributed by atoms with Gasteiger partial charge in [0.15, 0.2) is 0 Å². The van der Waals surface area contributed by atoms with Crippen LogP contribution in [-0.2, 0) is 9.53 Å². The van der Waals surface area contributed by atoms with E-state index in [1.807, 2.05) is 0 Å². The number of carbonyl (C=O) groups excluding carboxylic acids is 1. The Morgan fingerprint density at radius 1 is 0.909 bits per heavy atom. The first-order chi connectivity index (χ1) is 10.8. The van der Waals surface area contributed by atoms with E-state index in [4.69, 9.17) is 4.74 Å². The second-order valence-electron chi connectivity index (χ2n) is 6.08. The molecule has 0 spiro atoms. The van der Waals surface area contributed by atoms with Gasteiger partial charge in [-0.25, -0.2) is 0 Å². The molecule has 3 nitrogen and oxygen atoms in total. The Kier molecular flexibility index (Phi) is 17.0. The third kappa shape index (κ3) is 13.4. The molecule has 0 heterocycles. The van der Waals surface area contributed by atoms with Gasteiger partial charge in [0.05, 0.1) is 6.61 Å². The third-order valence-corrected chi connectivity index (χ3v) is 4.42. The minimum Gasteiger partial charge on any atom is -0.465 e. The number of hydrogen-bond acceptors (Lipinski definition) is 4. The van der Waals surface area contributed by atoms with Gasteiger partial charge in [-0.05, 0) is 13.5 Å².